The molecule has 0 aliphatic heterocycles. The predicted molar refractivity (Wildman–Crippen MR) is 92.3 cm³/mol. The molecule has 1 aliphatic rings. The second-order valence-corrected chi connectivity index (χ2v) is 6.29. The maximum Gasteiger partial charge on any atom is 0.235 e. The van der Waals surface area contributed by atoms with Gasteiger partial charge in [0.25, 0.3) is 0 Å². The molecule has 1 aliphatic carbocycles. The van der Waals surface area contributed by atoms with Crippen molar-refractivity contribution in [1.29, 1.82) is 0 Å². The van der Waals surface area contributed by atoms with Crippen LogP contribution in [0.4, 0.5) is 0 Å². The fourth-order valence-electron chi connectivity index (χ4n) is 3.72. The molecule has 1 unspecified atom stereocenters. The third-order valence-corrected chi connectivity index (χ3v) is 4.88. The van der Waals surface area contributed by atoms with Crippen LogP contribution >= 0.6 is 0 Å². The van der Waals surface area contributed by atoms with Gasteiger partial charge < -0.3 is 0 Å². The highest BCUT2D eigenvalue weighted by molar-refractivity contribution is 5.99. The molecular formula is C20H15N3O. The highest BCUT2D eigenvalue weighted by Crippen LogP contribution is 2.33. The van der Waals surface area contributed by atoms with Crippen molar-refractivity contribution in [2.24, 2.45) is 0 Å². The van der Waals surface area contributed by atoms with Gasteiger partial charge in [-0.05, 0) is 30.0 Å². The summed E-state index contributed by atoms with van der Waals surface area (Å²) in [6.07, 6.45) is 3.06. The fraction of sp³-hybridized carbons (Fsp3) is 0.150. The number of hydrogen-bond donors (Lipinski definition) is 0. The summed E-state index contributed by atoms with van der Waals surface area (Å²) >= 11 is 0. The summed E-state index contributed by atoms with van der Waals surface area (Å²) in [6, 6.07) is 18.3. The number of nitrogens with zero attached hydrogens (tertiary/aromatic N) is 3. The number of carbonyl (C=O) groups is 1. The molecule has 0 N–H and O–H groups in total. The average Bonchev–Trinajstić information content (AvgIpc) is 3.01. The van der Waals surface area contributed by atoms with Crippen molar-refractivity contribution >= 4 is 22.6 Å². The topological polar surface area (TPSA) is 47.3 Å². The summed E-state index contributed by atoms with van der Waals surface area (Å²) in [7, 11) is 0. The van der Waals surface area contributed by atoms with Crippen LogP contribution in [0.5, 0.6) is 0 Å². The van der Waals surface area contributed by atoms with E-state index in [0.29, 0.717) is 12.2 Å². The third kappa shape index (κ3) is 1.89. The van der Waals surface area contributed by atoms with Gasteiger partial charge in [-0.1, -0.05) is 42.5 Å². The van der Waals surface area contributed by atoms with E-state index >= 15 is 0 Å². The van der Waals surface area contributed by atoms with E-state index in [1.165, 1.54) is 5.56 Å². The van der Waals surface area contributed by atoms with E-state index in [-0.39, 0.29) is 11.7 Å². The molecule has 2 aromatic carbocycles. The van der Waals surface area contributed by atoms with Gasteiger partial charge in [-0.2, -0.15) is 0 Å². The van der Waals surface area contributed by atoms with E-state index in [4.69, 9.17) is 0 Å². The van der Waals surface area contributed by atoms with E-state index in [2.05, 4.69) is 26.5 Å². The van der Waals surface area contributed by atoms with Crippen LogP contribution in [0.15, 0.2) is 60.8 Å². The van der Waals surface area contributed by atoms with Crippen molar-refractivity contribution < 1.29 is 4.79 Å². The molecule has 1 atom stereocenters. The highest BCUT2D eigenvalue weighted by atomic mass is 16.1. The first kappa shape index (κ1) is 13.4. The van der Waals surface area contributed by atoms with E-state index in [9.17, 15) is 4.79 Å². The average molecular weight is 313 g/mol. The van der Waals surface area contributed by atoms with Gasteiger partial charge >= 0.3 is 0 Å². The van der Waals surface area contributed by atoms with Gasteiger partial charge in [0.05, 0.1) is 16.6 Å². The molecule has 0 saturated carbocycles. The summed E-state index contributed by atoms with van der Waals surface area (Å²) in [5.41, 5.74) is 4.90. The maximum atomic E-state index is 12.7. The Morgan fingerprint density at radius 2 is 1.75 bits per heavy atom. The molecule has 0 fully saturated rings. The molecule has 116 valence electrons. The Morgan fingerprint density at radius 1 is 0.958 bits per heavy atom. The first-order valence-electron chi connectivity index (χ1n) is 8.14. The summed E-state index contributed by atoms with van der Waals surface area (Å²) in [5, 5.41) is 0. The van der Waals surface area contributed by atoms with Gasteiger partial charge in [-0.25, -0.2) is 9.97 Å². The summed E-state index contributed by atoms with van der Waals surface area (Å²) in [4.78, 5) is 21.7. The van der Waals surface area contributed by atoms with Gasteiger partial charge in [0.1, 0.15) is 0 Å². The van der Waals surface area contributed by atoms with Crippen LogP contribution in [0.3, 0.4) is 0 Å². The SMILES string of the molecule is O=C1CC(c2ccccc2)Cc2c1cnc1nc3ccccc3n21. The maximum absolute atomic E-state index is 12.7. The lowest BCUT2D eigenvalue weighted by Gasteiger charge is -2.24. The number of hydrogen-bond acceptors (Lipinski definition) is 3. The minimum atomic E-state index is 0.164. The van der Waals surface area contributed by atoms with Crippen LogP contribution in [-0.4, -0.2) is 20.2 Å². The molecule has 4 heteroatoms. The van der Waals surface area contributed by atoms with Crippen LogP contribution in [0.1, 0.15) is 34.0 Å². The molecular weight excluding hydrogens is 298 g/mol. The number of aromatic nitrogens is 3. The molecule has 0 radical (unpaired) electrons. The molecule has 0 bridgehead atoms. The van der Waals surface area contributed by atoms with Crippen LogP contribution in [0.25, 0.3) is 16.8 Å². The molecule has 5 rings (SSSR count). The minimum Gasteiger partial charge on any atom is -0.294 e. The van der Waals surface area contributed by atoms with Gasteiger partial charge in [-0.15, -0.1) is 0 Å². The smallest absolute Gasteiger partial charge is 0.235 e. The van der Waals surface area contributed by atoms with E-state index in [1.807, 2.05) is 42.5 Å². The third-order valence-electron chi connectivity index (χ3n) is 4.88. The van der Waals surface area contributed by atoms with Crippen LogP contribution < -0.4 is 0 Å². The second-order valence-electron chi connectivity index (χ2n) is 6.29. The Morgan fingerprint density at radius 3 is 2.62 bits per heavy atom. The van der Waals surface area contributed by atoms with Gasteiger partial charge in [0.15, 0.2) is 5.78 Å². The minimum absolute atomic E-state index is 0.164. The Bertz CT molecular complexity index is 1080. The zero-order chi connectivity index (χ0) is 16.1. The van der Waals surface area contributed by atoms with Crippen molar-refractivity contribution in [2.45, 2.75) is 18.8 Å². The molecule has 4 aromatic rings. The molecule has 4 nitrogen and oxygen atoms in total. The number of benzene rings is 2. The Labute approximate surface area is 138 Å². The van der Waals surface area contributed by atoms with E-state index in [0.717, 1.165) is 28.7 Å². The molecule has 0 amide bonds. The quantitative estimate of drug-likeness (QED) is 0.537. The van der Waals surface area contributed by atoms with Crippen LogP contribution in [0.2, 0.25) is 0 Å². The summed E-state index contributed by atoms with van der Waals surface area (Å²) in [5.74, 6) is 1.03. The fourth-order valence-corrected chi connectivity index (χ4v) is 3.72. The summed E-state index contributed by atoms with van der Waals surface area (Å²) in [6.45, 7) is 0. The van der Waals surface area contributed by atoms with Crippen molar-refractivity contribution in [1.82, 2.24) is 14.4 Å². The number of fused-ring (bicyclic) bond motifs is 5. The highest BCUT2D eigenvalue weighted by Gasteiger charge is 2.29. The first-order valence-corrected chi connectivity index (χ1v) is 8.14. The normalized spacial score (nSPS) is 17.3. The van der Waals surface area contributed by atoms with Gasteiger partial charge in [0, 0.05) is 18.3 Å². The zero-order valence-electron chi connectivity index (χ0n) is 13.0. The van der Waals surface area contributed by atoms with Gasteiger partial charge in [-0.3, -0.25) is 9.20 Å². The van der Waals surface area contributed by atoms with Crippen LogP contribution in [-0.2, 0) is 6.42 Å². The number of ketones is 1. The van der Waals surface area contributed by atoms with Crippen molar-refractivity contribution in [2.75, 3.05) is 0 Å². The first-order chi connectivity index (χ1) is 11.8. The molecule has 0 saturated heterocycles. The molecule has 0 spiro atoms. The summed E-state index contributed by atoms with van der Waals surface area (Å²) < 4.78 is 2.05. The monoisotopic (exact) mass is 313 g/mol. The number of Topliss-reactive ketones (excluding diaryl/α,β-unsaturated/α-hetero) is 1. The largest absolute Gasteiger partial charge is 0.294 e. The lowest BCUT2D eigenvalue weighted by atomic mass is 9.82. The standard InChI is InChI=1S/C20H15N3O/c24-19-11-14(13-6-2-1-3-7-13)10-18-15(19)12-21-20-22-16-8-4-5-9-17(16)23(18)20/h1-9,12,14H,10-11H2. The van der Waals surface area contributed by atoms with E-state index < -0.39 is 0 Å². The Hall–Kier alpha value is -3.01. The number of carbonyl (C=O) groups excluding carboxylic acids is 1. The van der Waals surface area contributed by atoms with Crippen LogP contribution in [0, 0.1) is 0 Å². The van der Waals surface area contributed by atoms with Crippen molar-refractivity contribution in [3.63, 3.8) is 0 Å². The van der Waals surface area contributed by atoms with Crippen molar-refractivity contribution in [3.05, 3.63) is 77.6 Å². The molecule has 2 aromatic heterocycles. The Kier molecular flexibility index (Phi) is 2.80. The van der Waals surface area contributed by atoms with Crippen molar-refractivity contribution in [3.8, 4) is 0 Å². The zero-order valence-corrected chi connectivity index (χ0v) is 13.0. The molecule has 2 heterocycles. The molecule has 24 heavy (non-hydrogen) atoms. The second kappa shape index (κ2) is 4.99. The number of rotatable bonds is 1. The lowest BCUT2D eigenvalue weighted by molar-refractivity contribution is 0.0962. The Balaban J connectivity index is 1.76. The number of para-hydroxylation sites is 2. The van der Waals surface area contributed by atoms with Gasteiger partial charge in [0.2, 0.25) is 5.78 Å². The lowest BCUT2D eigenvalue weighted by Crippen LogP contribution is -2.22. The number of imidazole rings is 1. The van der Waals surface area contributed by atoms with E-state index in [1.54, 1.807) is 6.20 Å². The predicted octanol–water partition coefficient (Wildman–Crippen LogP) is 3.80.